The summed E-state index contributed by atoms with van der Waals surface area (Å²) < 4.78 is 14.9. The van der Waals surface area contributed by atoms with E-state index in [-0.39, 0.29) is 0 Å². The van der Waals surface area contributed by atoms with Crippen LogP contribution in [0.15, 0.2) is 70.5 Å². The standard InChI is InChI=1S/C23H25N9O2/c1-3-33-22-18(16-9-5-7-11-31(16)29-22)26-20-14(24)13-15(25)21(28-20)27-19-17-10-6-8-12-32(17)30-23(19)34-4-2/h5-14H,3-4,24-25H2,1-2H3,(H,26,27,28). The van der Waals surface area contributed by atoms with E-state index < -0.39 is 6.04 Å². The summed E-state index contributed by atoms with van der Waals surface area (Å²) in [6.07, 6.45) is 5.37. The third kappa shape index (κ3) is 3.82. The van der Waals surface area contributed by atoms with Gasteiger partial charge < -0.3 is 26.3 Å². The fourth-order valence-corrected chi connectivity index (χ4v) is 3.67. The van der Waals surface area contributed by atoms with Gasteiger partial charge in [-0.2, -0.15) is 0 Å². The number of nitrogens with two attached hydrogens (primary N) is 2. The molecule has 1 aliphatic rings. The Morgan fingerprint density at radius 1 is 0.971 bits per heavy atom. The molecule has 1 unspecified atom stereocenters. The number of dihydropyridines is 1. The Labute approximate surface area is 195 Å². The van der Waals surface area contributed by atoms with Crippen molar-refractivity contribution >= 4 is 34.1 Å². The first-order chi connectivity index (χ1) is 16.6. The SMILES string of the molecule is CCOc1nn2ccccc2c1N=C1N=C(Nc2c(OCC)nn3ccccc23)C(N)C=C1N. The number of pyridine rings is 2. The van der Waals surface area contributed by atoms with Gasteiger partial charge in [0.15, 0.2) is 11.5 Å². The van der Waals surface area contributed by atoms with Gasteiger partial charge in [-0.15, -0.1) is 10.2 Å². The van der Waals surface area contributed by atoms with E-state index >= 15 is 0 Å². The molecule has 0 saturated carbocycles. The van der Waals surface area contributed by atoms with Gasteiger partial charge in [0, 0.05) is 12.4 Å². The van der Waals surface area contributed by atoms with Crippen molar-refractivity contribution in [1.29, 1.82) is 0 Å². The minimum Gasteiger partial charge on any atom is -0.475 e. The molecule has 5 rings (SSSR count). The summed E-state index contributed by atoms with van der Waals surface area (Å²) in [5.74, 6) is 1.61. The summed E-state index contributed by atoms with van der Waals surface area (Å²) in [6.45, 7) is 4.70. The van der Waals surface area contributed by atoms with Crippen LogP contribution in [0.5, 0.6) is 11.8 Å². The van der Waals surface area contributed by atoms with E-state index in [1.807, 2.05) is 62.6 Å². The van der Waals surface area contributed by atoms with Crippen LogP contribution in [-0.4, -0.2) is 50.2 Å². The van der Waals surface area contributed by atoms with Gasteiger partial charge in [-0.3, -0.25) is 0 Å². The topological polar surface area (TPSA) is 142 Å². The summed E-state index contributed by atoms with van der Waals surface area (Å²) in [5, 5.41) is 12.3. The van der Waals surface area contributed by atoms with Crippen LogP contribution < -0.4 is 26.3 Å². The number of anilines is 1. The monoisotopic (exact) mass is 459 g/mol. The molecule has 0 fully saturated rings. The number of rotatable bonds is 6. The quantitative estimate of drug-likeness (QED) is 0.402. The van der Waals surface area contributed by atoms with Crippen molar-refractivity contribution in [1.82, 2.24) is 19.2 Å². The number of fused-ring (bicyclic) bond motifs is 2. The fourth-order valence-electron chi connectivity index (χ4n) is 3.67. The number of aromatic nitrogens is 4. The van der Waals surface area contributed by atoms with Gasteiger partial charge >= 0.3 is 0 Å². The van der Waals surface area contributed by atoms with E-state index in [1.54, 1.807) is 15.1 Å². The van der Waals surface area contributed by atoms with E-state index in [2.05, 4.69) is 20.5 Å². The van der Waals surface area contributed by atoms with E-state index in [0.29, 0.717) is 53.7 Å². The molecule has 0 bridgehead atoms. The lowest BCUT2D eigenvalue weighted by molar-refractivity contribution is 0.326. The van der Waals surface area contributed by atoms with Gasteiger partial charge in [-0.1, -0.05) is 12.1 Å². The van der Waals surface area contributed by atoms with Gasteiger partial charge in [0.25, 0.3) is 11.8 Å². The second kappa shape index (κ2) is 8.87. The second-order valence-electron chi connectivity index (χ2n) is 7.47. The molecule has 0 aliphatic carbocycles. The maximum absolute atomic E-state index is 6.34. The maximum Gasteiger partial charge on any atom is 0.260 e. The second-order valence-corrected chi connectivity index (χ2v) is 7.47. The molecule has 5 N–H and O–H groups in total. The van der Waals surface area contributed by atoms with Gasteiger partial charge in [-0.05, 0) is 44.2 Å². The first kappa shape index (κ1) is 21.5. The molecule has 1 atom stereocenters. The van der Waals surface area contributed by atoms with Crippen molar-refractivity contribution in [2.45, 2.75) is 19.9 Å². The van der Waals surface area contributed by atoms with Crippen LogP contribution >= 0.6 is 0 Å². The molecule has 0 spiro atoms. The number of ether oxygens (including phenoxy) is 2. The molecule has 34 heavy (non-hydrogen) atoms. The molecule has 1 aliphatic heterocycles. The summed E-state index contributed by atoms with van der Waals surface area (Å²) in [5.41, 5.74) is 15.8. The van der Waals surface area contributed by atoms with Crippen molar-refractivity contribution in [2.75, 3.05) is 18.5 Å². The first-order valence-electron chi connectivity index (χ1n) is 11.0. The Hall–Kier alpha value is -4.38. The van der Waals surface area contributed by atoms with Crippen LogP contribution in [0.3, 0.4) is 0 Å². The van der Waals surface area contributed by atoms with E-state index in [1.165, 1.54) is 0 Å². The van der Waals surface area contributed by atoms with Crippen molar-refractivity contribution in [3.8, 4) is 11.8 Å². The van der Waals surface area contributed by atoms with Crippen molar-refractivity contribution < 1.29 is 9.47 Å². The number of hydrogen-bond donors (Lipinski definition) is 3. The van der Waals surface area contributed by atoms with Crippen LogP contribution in [-0.2, 0) is 0 Å². The van der Waals surface area contributed by atoms with E-state index in [4.69, 9.17) is 25.9 Å². The highest BCUT2D eigenvalue weighted by atomic mass is 16.5. The molecule has 11 nitrogen and oxygen atoms in total. The number of nitrogens with one attached hydrogen (secondary N) is 1. The third-order valence-electron chi connectivity index (χ3n) is 5.18. The molecular weight excluding hydrogens is 434 g/mol. The summed E-state index contributed by atoms with van der Waals surface area (Å²) in [7, 11) is 0. The zero-order valence-electron chi connectivity index (χ0n) is 18.8. The van der Waals surface area contributed by atoms with Crippen LogP contribution in [0.2, 0.25) is 0 Å². The van der Waals surface area contributed by atoms with Crippen molar-refractivity contribution in [3.63, 3.8) is 0 Å². The summed E-state index contributed by atoms with van der Waals surface area (Å²) in [4.78, 5) is 9.38. The van der Waals surface area contributed by atoms with Crippen LogP contribution in [0.1, 0.15) is 13.8 Å². The summed E-state index contributed by atoms with van der Waals surface area (Å²) in [6, 6.07) is 10.9. The molecule has 0 amide bonds. The van der Waals surface area contributed by atoms with Crippen LogP contribution in [0.25, 0.3) is 11.0 Å². The third-order valence-corrected chi connectivity index (χ3v) is 5.18. The van der Waals surface area contributed by atoms with E-state index in [9.17, 15) is 0 Å². The molecule has 4 aromatic heterocycles. The molecule has 5 heterocycles. The van der Waals surface area contributed by atoms with Crippen molar-refractivity contribution in [2.24, 2.45) is 21.5 Å². The van der Waals surface area contributed by atoms with Crippen LogP contribution in [0.4, 0.5) is 11.4 Å². The predicted octanol–water partition coefficient (Wildman–Crippen LogP) is 2.50. The molecule has 0 saturated heterocycles. The predicted molar refractivity (Wildman–Crippen MR) is 131 cm³/mol. The molecular formula is C23H25N9O2. The summed E-state index contributed by atoms with van der Waals surface area (Å²) >= 11 is 0. The van der Waals surface area contributed by atoms with Crippen LogP contribution in [0, 0.1) is 0 Å². The Kier molecular flexibility index (Phi) is 5.60. The number of aliphatic imine (C=N–C) groups is 2. The average molecular weight is 460 g/mol. The largest absolute Gasteiger partial charge is 0.475 e. The zero-order chi connectivity index (χ0) is 23.7. The minimum atomic E-state index is -0.567. The maximum atomic E-state index is 6.34. The molecule has 4 aromatic rings. The average Bonchev–Trinajstić information content (AvgIpc) is 3.35. The Morgan fingerprint density at radius 2 is 1.62 bits per heavy atom. The minimum absolute atomic E-state index is 0.304. The van der Waals surface area contributed by atoms with Gasteiger partial charge in [-0.25, -0.2) is 19.0 Å². The van der Waals surface area contributed by atoms with Gasteiger partial charge in [0.05, 0.1) is 36.0 Å². The highest BCUT2D eigenvalue weighted by Crippen LogP contribution is 2.33. The number of hydrogen-bond acceptors (Lipinski definition) is 8. The number of nitrogens with zero attached hydrogens (tertiary/aromatic N) is 6. The Balaban J connectivity index is 1.58. The van der Waals surface area contributed by atoms with Gasteiger partial charge in [0.1, 0.15) is 11.5 Å². The lowest BCUT2D eigenvalue weighted by Crippen LogP contribution is -2.39. The highest BCUT2D eigenvalue weighted by molar-refractivity contribution is 6.16. The normalized spacial score (nSPS) is 17.1. The highest BCUT2D eigenvalue weighted by Gasteiger charge is 2.24. The molecule has 0 radical (unpaired) electrons. The van der Waals surface area contributed by atoms with Crippen molar-refractivity contribution in [3.05, 3.63) is 60.6 Å². The van der Waals surface area contributed by atoms with E-state index in [0.717, 1.165) is 11.0 Å². The lowest BCUT2D eigenvalue weighted by Gasteiger charge is -2.19. The Morgan fingerprint density at radius 3 is 2.35 bits per heavy atom. The first-order valence-corrected chi connectivity index (χ1v) is 11.0. The smallest absolute Gasteiger partial charge is 0.260 e. The lowest BCUT2D eigenvalue weighted by atomic mass is 10.1. The number of amidine groups is 2. The van der Waals surface area contributed by atoms with Gasteiger partial charge in [0.2, 0.25) is 0 Å². The molecule has 174 valence electrons. The molecule has 0 aromatic carbocycles. The Bertz CT molecular complexity index is 1450. The zero-order valence-corrected chi connectivity index (χ0v) is 18.8. The molecule has 11 heteroatoms. The fraction of sp³-hybridized carbons (Fsp3) is 0.217.